The van der Waals surface area contributed by atoms with Crippen LogP contribution in [0.4, 0.5) is 0 Å². The van der Waals surface area contributed by atoms with Gasteiger partial charge >= 0.3 is 0 Å². The van der Waals surface area contributed by atoms with E-state index < -0.39 is 5.54 Å². The number of para-hydroxylation sites is 1. The topological polar surface area (TPSA) is 64.3 Å². The van der Waals surface area contributed by atoms with Crippen molar-refractivity contribution in [3.63, 3.8) is 0 Å². The minimum absolute atomic E-state index is 0.0487. The summed E-state index contributed by atoms with van der Waals surface area (Å²) in [6.45, 7) is 4.13. The molecule has 2 rings (SSSR count). The lowest BCUT2D eigenvalue weighted by atomic mass is 9.76. The van der Waals surface area contributed by atoms with E-state index in [1.165, 1.54) is 0 Å². The first-order valence-corrected chi connectivity index (χ1v) is 7.69. The summed E-state index contributed by atoms with van der Waals surface area (Å²) in [6.07, 6.45) is 3.71. The molecule has 1 aromatic carbocycles. The van der Waals surface area contributed by atoms with E-state index in [9.17, 15) is 4.79 Å². The van der Waals surface area contributed by atoms with Gasteiger partial charge in [-0.05, 0) is 31.7 Å². The lowest BCUT2D eigenvalue weighted by Crippen LogP contribution is -2.56. The second-order valence-electron chi connectivity index (χ2n) is 6.29. The number of nitrogens with two attached hydrogens (primary N) is 1. The van der Waals surface area contributed by atoms with Crippen LogP contribution in [0.5, 0.6) is 5.75 Å². The zero-order chi connectivity index (χ0) is 15.5. The molecule has 0 saturated heterocycles. The highest BCUT2D eigenvalue weighted by molar-refractivity contribution is 5.86. The number of amides is 1. The molecule has 116 valence electrons. The second-order valence-corrected chi connectivity index (χ2v) is 6.29. The summed E-state index contributed by atoms with van der Waals surface area (Å²) in [5, 5.41) is 3.06. The first kappa shape index (κ1) is 15.8. The predicted molar refractivity (Wildman–Crippen MR) is 84.1 cm³/mol. The van der Waals surface area contributed by atoms with Gasteiger partial charge in [-0.15, -0.1) is 0 Å². The van der Waals surface area contributed by atoms with E-state index in [0.717, 1.165) is 37.0 Å². The molecule has 2 unspecified atom stereocenters. The molecule has 0 aliphatic heterocycles. The van der Waals surface area contributed by atoms with Crippen LogP contribution in [0.1, 0.15) is 51.1 Å². The molecule has 0 bridgehead atoms. The summed E-state index contributed by atoms with van der Waals surface area (Å²) < 4.78 is 5.35. The van der Waals surface area contributed by atoms with Crippen molar-refractivity contribution in [2.75, 3.05) is 7.11 Å². The van der Waals surface area contributed by atoms with Crippen LogP contribution in [0.2, 0.25) is 0 Å². The largest absolute Gasteiger partial charge is 0.496 e. The first-order chi connectivity index (χ1) is 9.96. The third-order valence-electron chi connectivity index (χ3n) is 4.44. The maximum Gasteiger partial charge on any atom is 0.240 e. The van der Waals surface area contributed by atoms with Crippen LogP contribution in [0.15, 0.2) is 24.3 Å². The highest BCUT2D eigenvalue weighted by Crippen LogP contribution is 2.32. The van der Waals surface area contributed by atoms with Gasteiger partial charge in [0.2, 0.25) is 5.91 Å². The SMILES string of the molecule is COc1ccccc1[C@@H](C)NC(=O)C1(N)CCCC(C)C1. The fourth-order valence-electron chi connectivity index (χ4n) is 3.24. The van der Waals surface area contributed by atoms with Gasteiger partial charge in [-0.1, -0.05) is 38.0 Å². The zero-order valence-electron chi connectivity index (χ0n) is 13.2. The average molecular weight is 290 g/mol. The maximum atomic E-state index is 12.6. The molecule has 4 heteroatoms. The van der Waals surface area contributed by atoms with E-state index in [1.54, 1.807) is 7.11 Å². The van der Waals surface area contributed by atoms with Crippen LogP contribution in [0, 0.1) is 5.92 Å². The van der Waals surface area contributed by atoms with Gasteiger partial charge in [-0.25, -0.2) is 0 Å². The number of hydrogen-bond donors (Lipinski definition) is 2. The summed E-state index contributed by atoms with van der Waals surface area (Å²) in [5.74, 6) is 1.25. The minimum Gasteiger partial charge on any atom is -0.496 e. The molecule has 1 fully saturated rings. The van der Waals surface area contributed by atoms with Crippen LogP contribution >= 0.6 is 0 Å². The monoisotopic (exact) mass is 290 g/mol. The molecule has 1 aliphatic carbocycles. The van der Waals surface area contributed by atoms with E-state index in [2.05, 4.69) is 12.2 Å². The van der Waals surface area contributed by atoms with Gasteiger partial charge < -0.3 is 15.8 Å². The lowest BCUT2D eigenvalue weighted by molar-refractivity contribution is -0.128. The standard InChI is InChI=1S/C17H26N2O2/c1-12-7-6-10-17(18,11-12)16(20)19-13(2)14-8-4-5-9-15(14)21-3/h4-5,8-9,12-13H,6-7,10-11,18H2,1-3H3,(H,19,20)/t12?,13-,17?/m1/s1. The number of methoxy groups -OCH3 is 1. The smallest absolute Gasteiger partial charge is 0.240 e. The molecule has 21 heavy (non-hydrogen) atoms. The Kier molecular flexibility index (Phi) is 4.88. The molecule has 0 radical (unpaired) electrons. The number of carbonyl (C=O) groups excluding carboxylic acids is 1. The number of hydrogen-bond acceptors (Lipinski definition) is 3. The second kappa shape index (κ2) is 6.48. The van der Waals surface area contributed by atoms with Gasteiger partial charge in [0.25, 0.3) is 0 Å². The van der Waals surface area contributed by atoms with Gasteiger partial charge in [0.05, 0.1) is 18.7 Å². The van der Waals surface area contributed by atoms with Crippen molar-refractivity contribution in [3.8, 4) is 5.75 Å². The quantitative estimate of drug-likeness (QED) is 0.896. The first-order valence-electron chi connectivity index (χ1n) is 7.69. The molecule has 4 nitrogen and oxygen atoms in total. The van der Waals surface area contributed by atoms with Crippen molar-refractivity contribution < 1.29 is 9.53 Å². The molecule has 1 amide bonds. The molecule has 3 atom stereocenters. The molecular weight excluding hydrogens is 264 g/mol. The Labute approximate surface area is 127 Å². The maximum absolute atomic E-state index is 12.6. The van der Waals surface area contributed by atoms with E-state index >= 15 is 0 Å². The van der Waals surface area contributed by atoms with Gasteiger partial charge in [-0.3, -0.25) is 4.79 Å². The predicted octanol–water partition coefficient (Wildman–Crippen LogP) is 2.78. The summed E-state index contributed by atoms with van der Waals surface area (Å²) in [7, 11) is 1.64. The fourth-order valence-corrected chi connectivity index (χ4v) is 3.24. The molecule has 0 heterocycles. The third-order valence-corrected chi connectivity index (χ3v) is 4.44. The van der Waals surface area contributed by atoms with Crippen molar-refractivity contribution in [2.45, 2.75) is 51.1 Å². The molecular formula is C17H26N2O2. The number of ether oxygens (including phenoxy) is 1. The van der Waals surface area contributed by atoms with E-state index in [1.807, 2.05) is 31.2 Å². The van der Waals surface area contributed by atoms with Crippen molar-refractivity contribution >= 4 is 5.91 Å². The Morgan fingerprint density at radius 3 is 2.86 bits per heavy atom. The third kappa shape index (κ3) is 3.56. The Hall–Kier alpha value is -1.55. The summed E-state index contributed by atoms with van der Waals surface area (Å²) in [5.41, 5.74) is 6.59. The number of rotatable bonds is 4. The van der Waals surface area contributed by atoms with E-state index in [-0.39, 0.29) is 11.9 Å². The fraction of sp³-hybridized carbons (Fsp3) is 0.588. The average Bonchev–Trinajstić information content (AvgIpc) is 2.46. The van der Waals surface area contributed by atoms with Gasteiger partial charge in [0, 0.05) is 5.56 Å². The molecule has 1 saturated carbocycles. The van der Waals surface area contributed by atoms with Crippen molar-refractivity contribution in [1.29, 1.82) is 0 Å². The molecule has 0 spiro atoms. The summed E-state index contributed by atoms with van der Waals surface area (Å²) in [6, 6.07) is 7.62. The Bertz CT molecular complexity index is 503. The van der Waals surface area contributed by atoms with Crippen LogP contribution < -0.4 is 15.8 Å². The summed E-state index contributed by atoms with van der Waals surface area (Å²) >= 11 is 0. The van der Waals surface area contributed by atoms with Crippen molar-refractivity contribution in [3.05, 3.63) is 29.8 Å². The van der Waals surface area contributed by atoms with Crippen LogP contribution in [-0.4, -0.2) is 18.6 Å². The van der Waals surface area contributed by atoms with Gasteiger partial charge in [-0.2, -0.15) is 0 Å². The van der Waals surface area contributed by atoms with Crippen LogP contribution in [-0.2, 0) is 4.79 Å². The van der Waals surface area contributed by atoms with Crippen molar-refractivity contribution in [2.24, 2.45) is 11.7 Å². The van der Waals surface area contributed by atoms with Crippen molar-refractivity contribution in [1.82, 2.24) is 5.32 Å². The zero-order valence-corrected chi connectivity index (χ0v) is 13.2. The van der Waals surface area contributed by atoms with Crippen LogP contribution in [0.25, 0.3) is 0 Å². The highest BCUT2D eigenvalue weighted by atomic mass is 16.5. The summed E-state index contributed by atoms with van der Waals surface area (Å²) in [4.78, 5) is 12.6. The Balaban J connectivity index is 2.08. The molecule has 1 aromatic rings. The number of carbonyl (C=O) groups is 1. The van der Waals surface area contributed by atoms with E-state index in [4.69, 9.17) is 10.5 Å². The molecule has 3 N–H and O–H groups in total. The lowest BCUT2D eigenvalue weighted by Gasteiger charge is -2.36. The normalized spacial score (nSPS) is 27.0. The minimum atomic E-state index is -0.728. The number of nitrogens with one attached hydrogen (secondary N) is 1. The van der Waals surface area contributed by atoms with Crippen LogP contribution in [0.3, 0.4) is 0 Å². The molecule has 0 aromatic heterocycles. The highest BCUT2D eigenvalue weighted by Gasteiger charge is 2.38. The van der Waals surface area contributed by atoms with E-state index in [0.29, 0.717) is 5.92 Å². The number of benzene rings is 1. The van der Waals surface area contributed by atoms with Gasteiger partial charge in [0.15, 0.2) is 0 Å². The molecule has 1 aliphatic rings. The Morgan fingerprint density at radius 1 is 1.48 bits per heavy atom. The van der Waals surface area contributed by atoms with Gasteiger partial charge in [0.1, 0.15) is 5.75 Å². The Morgan fingerprint density at radius 2 is 2.19 bits per heavy atom.